The van der Waals surface area contributed by atoms with Gasteiger partial charge in [0.15, 0.2) is 6.29 Å². The quantitative estimate of drug-likeness (QED) is 0.0635. The average molecular weight is 918 g/mol. The van der Waals surface area contributed by atoms with E-state index in [4.69, 9.17) is 14.2 Å². The van der Waals surface area contributed by atoms with Gasteiger partial charge in [-0.25, -0.2) is 23.2 Å². The van der Waals surface area contributed by atoms with Crippen LogP contribution in [0.1, 0.15) is 103 Å². The number of hydrogen-bond donors (Lipinski definition) is 0. The lowest BCUT2D eigenvalue weighted by atomic mass is 9.76. The molecule has 4 heterocycles. The molecule has 0 aliphatic carbocycles. The van der Waals surface area contributed by atoms with Gasteiger partial charge < -0.3 is 28.9 Å². The van der Waals surface area contributed by atoms with E-state index in [9.17, 15) is 9.18 Å². The molecule has 3 fully saturated rings. The third-order valence-electron chi connectivity index (χ3n) is 14.1. The smallest absolute Gasteiger partial charge is 0.325 e. The van der Waals surface area contributed by atoms with Crippen molar-refractivity contribution in [3.05, 3.63) is 132 Å². The topological polar surface area (TPSA) is 88.4 Å². The van der Waals surface area contributed by atoms with Gasteiger partial charge >= 0.3 is 6.03 Å². The molecule has 11 nitrogen and oxygen atoms in total. The molecule has 3 saturated heterocycles. The number of hydrogen-bond acceptors (Lipinski definition) is 8. The van der Waals surface area contributed by atoms with Crippen LogP contribution in [0.2, 0.25) is 0 Å². The normalized spacial score (nSPS) is 20.7. The summed E-state index contributed by atoms with van der Waals surface area (Å²) in [5, 5.41) is 4.17. The van der Waals surface area contributed by atoms with Crippen molar-refractivity contribution in [3.8, 4) is 5.75 Å². The molecular formula is C54H69F2N7O4. The first-order valence-electron chi connectivity index (χ1n) is 24.7. The van der Waals surface area contributed by atoms with Crippen molar-refractivity contribution >= 4 is 23.1 Å². The molecule has 3 atom stereocenters. The van der Waals surface area contributed by atoms with Gasteiger partial charge in [-0.2, -0.15) is 5.10 Å². The molecule has 3 aliphatic heterocycles. The predicted octanol–water partition coefficient (Wildman–Crippen LogP) is 11.2. The van der Waals surface area contributed by atoms with Crippen LogP contribution in [0, 0.1) is 11.6 Å². The number of nitrogens with zero attached hydrogens (tertiary/aromatic N) is 7. The van der Waals surface area contributed by atoms with Crippen molar-refractivity contribution in [1.29, 1.82) is 0 Å². The SMILES string of the molecule is CCCCCCC1(CCCCCC)[C@H](Cc2ccccc2)N(C(C)C)C(=O)N1c1ccc(N2CCN(c3ccc(OC[C@H]4OC[C@](Cn5cncn5)(c5ccc(F)cc5F)O4)cc3)CC2)cc1. The van der Waals surface area contributed by atoms with Crippen LogP contribution in [0.4, 0.5) is 30.6 Å². The zero-order valence-corrected chi connectivity index (χ0v) is 39.9. The highest BCUT2D eigenvalue weighted by Crippen LogP contribution is 2.47. The molecule has 358 valence electrons. The lowest BCUT2D eigenvalue weighted by Crippen LogP contribution is -2.54. The van der Waals surface area contributed by atoms with Gasteiger partial charge in [-0.3, -0.25) is 4.90 Å². The first-order valence-corrected chi connectivity index (χ1v) is 24.7. The molecule has 4 aromatic carbocycles. The van der Waals surface area contributed by atoms with E-state index in [0.29, 0.717) is 5.75 Å². The second-order valence-corrected chi connectivity index (χ2v) is 18.9. The number of urea groups is 1. The third kappa shape index (κ3) is 10.9. The molecule has 0 saturated carbocycles. The number of carbonyl (C=O) groups is 1. The molecule has 0 N–H and O–H groups in total. The minimum Gasteiger partial charge on any atom is -0.488 e. The molecule has 2 amide bonds. The van der Waals surface area contributed by atoms with E-state index < -0.39 is 23.5 Å². The van der Waals surface area contributed by atoms with E-state index >= 15 is 4.39 Å². The summed E-state index contributed by atoms with van der Waals surface area (Å²) < 4.78 is 48.8. The summed E-state index contributed by atoms with van der Waals surface area (Å²) in [6.07, 6.45) is 14.4. The van der Waals surface area contributed by atoms with Gasteiger partial charge in [0.1, 0.15) is 42.2 Å². The summed E-state index contributed by atoms with van der Waals surface area (Å²) in [4.78, 5) is 28.2. The predicted molar refractivity (Wildman–Crippen MR) is 261 cm³/mol. The van der Waals surface area contributed by atoms with Crippen LogP contribution in [-0.2, 0) is 28.0 Å². The number of rotatable bonds is 22. The van der Waals surface area contributed by atoms with Crippen LogP contribution in [0.5, 0.6) is 5.75 Å². The fraction of sp³-hybridized carbons (Fsp3) is 0.500. The summed E-state index contributed by atoms with van der Waals surface area (Å²) in [5.41, 5.74) is 3.20. The Bertz CT molecular complexity index is 2300. The first-order chi connectivity index (χ1) is 32.6. The lowest BCUT2D eigenvalue weighted by molar-refractivity contribution is -0.117. The van der Waals surface area contributed by atoms with Crippen LogP contribution in [0.25, 0.3) is 0 Å². The van der Waals surface area contributed by atoms with Crippen molar-refractivity contribution in [3.63, 3.8) is 0 Å². The number of unbranched alkanes of at least 4 members (excludes halogenated alkanes) is 6. The number of amides is 2. The van der Waals surface area contributed by atoms with Crippen molar-refractivity contribution in [2.24, 2.45) is 0 Å². The van der Waals surface area contributed by atoms with E-state index in [1.807, 2.05) is 12.1 Å². The minimum absolute atomic E-state index is 0.0301. The Balaban J connectivity index is 0.913. The van der Waals surface area contributed by atoms with Crippen molar-refractivity contribution in [1.82, 2.24) is 19.7 Å². The standard InChI is InChI=1S/C54H69F2N7O4/c1-5-7-9-14-28-53(29-15-10-8-6-2)50(34-42-16-12-11-13-17-42)62(41(3)4)52(64)63(53)46-21-19-44(20-22-46)59-30-32-60(33-31-59)45-23-25-47(26-24-45)65-36-51-66-38-54(67-51,37-61-40-57-39-58-61)48-27-18-43(55)35-49(48)56/h11-13,16-27,35,39-41,50-51H,5-10,14-15,28-34,36-38H2,1-4H3/t50-,51-,54+/m0/s1. The number of aromatic nitrogens is 3. The maximum absolute atomic E-state index is 15.1. The van der Waals surface area contributed by atoms with Gasteiger partial charge in [0.05, 0.1) is 24.7 Å². The highest BCUT2D eigenvalue weighted by molar-refractivity contribution is 5.97. The van der Waals surface area contributed by atoms with Crippen LogP contribution < -0.4 is 19.4 Å². The Morgan fingerprint density at radius 3 is 1.99 bits per heavy atom. The lowest BCUT2D eigenvalue weighted by Gasteiger charge is -2.43. The number of ether oxygens (including phenoxy) is 3. The summed E-state index contributed by atoms with van der Waals surface area (Å²) in [6.45, 7) is 12.6. The maximum Gasteiger partial charge on any atom is 0.325 e. The first kappa shape index (κ1) is 47.9. The molecular weight excluding hydrogens is 849 g/mol. The van der Waals surface area contributed by atoms with E-state index in [-0.39, 0.29) is 49.0 Å². The second kappa shape index (κ2) is 22.1. The molecule has 8 rings (SSSR count). The van der Waals surface area contributed by atoms with E-state index in [1.165, 1.54) is 74.6 Å². The van der Waals surface area contributed by atoms with Gasteiger partial charge in [-0.15, -0.1) is 0 Å². The third-order valence-corrected chi connectivity index (χ3v) is 14.1. The molecule has 1 aromatic heterocycles. The minimum atomic E-state index is -1.24. The van der Waals surface area contributed by atoms with Gasteiger partial charge in [-0.05, 0) is 93.3 Å². The molecule has 0 spiro atoms. The van der Waals surface area contributed by atoms with Crippen LogP contribution in [-0.4, -0.2) is 89.0 Å². The number of piperazine rings is 1. The Hall–Kier alpha value is -5.53. The molecule has 3 aliphatic rings. The number of benzene rings is 4. The highest BCUT2D eigenvalue weighted by Gasteiger charge is 2.57. The van der Waals surface area contributed by atoms with Crippen molar-refractivity contribution < 1.29 is 27.8 Å². The van der Waals surface area contributed by atoms with Gasteiger partial charge in [0, 0.05) is 60.9 Å². The van der Waals surface area contributed by atoms with Gasteiger partial charge in [0.2, 0.25) is 0 Å². The zero-order valence-electron chi connectivity index (χ0n) is 39.9. The number of carbonyl (C=O) groups excluding carboxylic acids is 1. The average Bonchev–Trinajstić information content (AvgIpc) is 4.07. The summed E-state index contributed by atoms with van der Waals surface area (Å²) in [7, 11) is 0. The van der Waals surface area contributed by atoms with Gasteiger partial charge in [-0.1, -0.05) is 102 Å². The van der Waals surface area contributed by atoms with E-state index in [2.05, 4.69) is 124 Å². The van der Waals surface area contributed by atoms with Crippen molar-refractivity contribution in [2.45, 2.75) is 134 Å². The Kier molecular flexibility index (Phi) is 15.8. The van der Waals surface area contributed by atoms with Crippen LogP contribution in [0.15, 0.2) is 110 Å². The molecule has 0 unspecified atom stereocenters. The Morgan fingerprint density at radius 2 is 1.40 bits per heavy atom. The van der Waals surface area contributed by atoms with E-state index in [0.717, 1.165) is 75.7 Å². The maximum atomic E-state index is 15.1. The molecule has 0 bridgehead atoms. The monoisotopic (exact) mass is 918 g/mol. The zero-order chi connectivity index (χ0) is 46.8. The van der Waals surface area contributed by atoms with Crippen LogP contribution >= 0.6 is 0 Å². The number of halogens is 2. The molecule has 13 heteroatoms. The molecule has 67 heavy (non-hydrogen) atoms. The summed E-state index contributed by atoms with van der Waals surface area (Å²) in [5.74, 6) is -0.733. The Morgan fingerprint density at radius 1 is 0.776 bits per heavy atom. The molecule has 0 radical (unpaired) electrons. The largest absolute Gasteiger partial charge is 0.488 e. The fourth-order valence-electron chi connectivity index (χ4n) is 10.6. The highest BCUT2D eigenvalue weighted by atomic mass is 19.1. The Labute approximate surface area is 396 Å². The van der Waals surface area contributed by atoms with Gasteiger partial charge in [0.25, 0.3) is 0 Å². The fourth-order valence-corrected chi connectivity index (χ4v) is 10.6. The second-order valence-electron chi connectivity index (χ2n) is 18.9. The van der Waals surface area contributed by atoms with Crippen LogP contribution in [0.3, 0.4) is 0 Å². The van der Waals surface area contributed by atoms with Crippen molar-refractivity contribution in [2.75, 3.05) is 54.1 Å². The molecule has 5 aromatic rings. The summed E-state index contributed by atoms with van der Waals surface area (Å²) in [6, 6.07) is 31.4. The number of anilines is 3. The van der Waals surface area contributed by atoms with E-state index in [1.54, 1.807) is 4.68 Å². The summed E-state index contributed by atoms with van der Waals surface area (Å²) >= 11 is 0.